The summed E-state index contributed by atoms with van der Waals surface area (Å²) in [5.74, 6) is -0.273. The van der Waals surface area contributed by atoms with E-state index in [9.17, 15) is 9.59 Å². The number of benzene rings is 2. The molecule has 1 saturated heterocycles. The minimum atomic E-state index is -0.492. The van der Waals surface area contributed by atoms with Gasteiger partial charge in [0.2, 0.25) is 16.9 Å². The number of carbonyl (C=O) groups excluding carboxylic acids is 2. The van der Waals surface area contributed by atoms with Crippen LogP contribution in [0, 0.1) is 13.8 Å². The lowest BCUT2D eigenvalue weighted by Gasteiger charge is -2.13. The van der Waals surface area contributed by atoms with Gasteiger partial charge in [0.15, 0.2) is 5.17 Å². The Morgan fingerprint density at radius 1 is 1.16 bits per heavy atom. The maximum Gasteiger partial charge on any atom is 0.242 e. The molecular formula is C24H24N4O2S2. The summed E-state index contributed by atoms with van der Waals surface area (Å²) in [5, 5.41) is 5.57. The highest BCUT2D eigenvalue weighted by Gasteiger charge is 2.38. The number of rotatable bonds is 6. The van der Waals surface area contributed by atoms with Crippen molar-refractivity contribution in [2.24, 2.45) is 4.99 Å². The van der Waals surface area contributed by atoms with Crippen molar-refractivity contribution in [2.75, 3.05) is 11.9 Å². The number of aromatic nitrogens is 1. The molecule has 1 aromatic heterocycles. The van der Waals surface area contributed by atoms with Gasteiger partial charge in [-0.05, 0) is 44.0 Å². The van der Waals surface area contributed by atoms with Gasteiger partial charge in [-0.2, -0.15) is 4.99 Å². The fourth-order valence-electron chi connectivity index (χ4n) is 3.58. The summed E-state index contributed by atoms with van der Waals surface area (Å²) in [5.41, 5.74) is 4.80. The van der Waals surface area contributed by atoms with Crippen molar-refractivity contribution < 1.29 is 9.59 Å². The van der Waals surface area contributed by atoms with Crippen molar-refractivity contribution in [2.45, 2.75) is 32.4 Å². The predicted molar refractivity (Wildman–Crippen MR) is 133 cm³/mol. The normalized spacial score (nSPS) is 17.2. The molecule has 3 aromatic rings. The number of amidine groups is 1. The molecule has 6 nitrogen and oxygen atoms in total. The van der Waals surface area contributed by atoms with Gasteiger partial charge >= 0.3 is 0 Å². The Bertz CT molecular complexity index is 1150. The molecule has 2 amide bonds. The first-order valence-electron chi connectivity index (χ1n) is 10.4. The molecule has 0 spiro atoms. The number of aryl methyl sites for hydroxylation is 2. The summed E-state index contributed by atoms with van der Waals surface area (Å²) in [6, 6.07) is 15.8. The monoisotopic (exact) mass is 464 g/mol. The number of aliphatic imine (C=N–C) groups is 1. The van der Waals surface area contributed by atoms with Gasteiger partial charge in [-0.3, -0.25) is 14.5 Å². The van der Waals surface area contributed by atoms with Crippen LogP contribution in [-0.2, 0) is 9.59 Å². The third-order valence-electron chi connectivity index (χ3n) is 4.97. The number of hydrogen-bond donors (Lipinski definition) is 1. The van der Waals surface area contributed by atoms with Gasteiger partial charge in [-0.25, -0.2) is 4.98 Å². The minimum Gasteiger partial charge on any atom is -0.326 e. The van der Waals surface area contributed by atoms with Crippen LogP contribution in [0.3, 0.4) is 0 Å². The molecule has 1 aliphatic rings. The average molecular weight is 465 g/mol. The standard InChI is InChI=1S/C24H24N4O2S2/c1-4-28-22(30)20(13-21(29)25-18-11-15(2)10-16(3)12-18)32-24(28)27-23-26-19(14-31-23)17-8-6-5-7-9-17/h5-12,14,20H,4,13H2,1-3H3,(H,25,29)/b27-24+. The van der Waals surface area contributed by atoms with Crippen LogP contribution in [0.5, 0.6) is 0 Å². The van der Waals surface area contributed by atoms with Crippen molar-refractivity contribution >= 4 is 50.9 Å². The summed E-state index contributed by atoms with van der Waals surface area (Å²) in [7, 11) is 0. The third kappa shape index (κ3) is 5.08. The lowest BCUT2D eigenvalue weighted by Crippen LogP contribution is -2.33. The molecule has 0 radical (unpaired) electrons. The Balaban J connectivity index is 1.47. The number of nitrogens with zero attached hydrogens (tertiary/aromatic N) is 3. The molecule has 164 valence electrons. The van der Waals surface area contributed by atoms with E-state index >= 15 is 0 Å². The van der Waals surface area contributed by atoms with Crippen molar-refractivity contribution in [3.8, 4) is 11.3 Å². The summed E-state index contributed by atoms with van der Waals surface area (Å²) < 4.78 is 0. The van der Waals surface area contributed by atoms with Crippen molar-refractivity contribution in [1.82, 2.24) is 9.88 Å². The van der Waals surface area contributed by atoms with Gasteiger partial charge < -0.3 is 5.32 Å². The Kier molecular flexibility index (Phi) is 6.72. The molecule has 1 unspecified atom stereocenters. The van der Waals surface area contributed by atoms with Crippen LogP contribution in [0.1, 0.15) is 24.5 Å². The van der Waals surface area contributed by atoms with E-state index in [1.54, 1.807) is 4.90 Å². The molecule has 0 bridgehead atoms. The number of thiazole rings is 1. The van der Waals surface area contributed by atoms with Crippen LogP contribution in [-0.4, -0.2) is 38.7 Å². The van der Waals surface area contributed by atoms with Crippen molar-refractivity contribution in [1.29, 1.82) is 0 Å². The van der Waals surface area contributed by atoms with Gasteiger partial charge in [0.25, 0.3) is 0 Å². The van der Waals surface area contributed by atoms with Crippen LogP contribution in [0.4, 0.5) is 10.8 Å². The van der Waals surface area contributed by atoms with Crippen molar-refractivity contribution in [3.05, 3.63) is 65.0 Å². The molecular weight excluding hydrogens is 440 g/mol. The molecule has 1 atom stereocenters. The first kappa shape index (κ1) is 22.2. The average Bonchev–Trinajstić information content (AvgIpc) is 3.32. The van der Waals surface area contributed by atoms with Gasteiger partial charge in [0.1, 0.15) is 5.25 Å². The lowest BCUT2D eigenvalue weighted by molar-refractivity contribution is -0.128. The molecule has 1 N–H and O–H groups in total. The second-order valence-electron chi connectivity index (χ2n) is 7.59. The molecule has 8 heteroatoms. The maximum atomic E-state index is 12.9. The Morgan fingerprint density at radius 3 is 2.56 bits per heavy atom. The van der Waals surface area contributed by atoms with E-state index in [4.69, 9.17) is 0 Å². The van der Waals surface area contributed by atoms with Crippen molar-refractivity contribution in [3.63, 3.8) is 0 Å². The molecule has 4 rings (SSSR count). The van der Waals surface area contributed by atoms with E-state index in [2.05, 4.69) is 21.4 Å². The van der Waals surface area contributed by atoms with E-state index in [0.29, 0.717) is 16.8 Å². The SMILES string of the molecule is CCN1C(=O)C(CC(=O)Nc2cc(C)cc(C)c2)S/C1=N/c1nc(-c2ccccc2)cs1. The molecule has 2 aromatic carbocycles. The van der Waals surface area contributed by atoms with Gasteiger partial charge in [-0.1, -0.05) is 48.2 Å². The zero-order valence-corrected chi connectivity index (χ0v) is 19.8. The van der Waals surface area contributed by atoms with Gasteiger partial charge in [0.05, 0.1) is 5.69 Å². The summed E-state index contributed by atoms with van der Waals surface area (Å²) in [6.45, 7) is 6.38. The van der Waals surface area contributed by atoms with E-state index < -0.39 is 5.25 Å². The number of amides is 2. The van der Waals surface area contributed by atoms with E-state index in [-0.39, 0.29) is 18.2 Å². The van der Waals surface area contributed by atoms with Crippen LogP contribution in [0.25, 0.3) is 11.3 Å². The van der Waals surface area contributed by atoms with Gasteiger partial charge in [0, 0.05) is 29.6 Å². The maximum absolute atomic E-state index is 12.9. The topological polar surface area (TPSA) is 74.7 Å². The van der Waals surface area contributed by atoms with Crippen LogP contribution in [0.15, 0.2) is 58.9 Å². The van der Waals surface area contributed by atoms with Crippen LogP contribution in [0.2, 0.25) is 0 Å². The number of nitrogens with one attached hydrogen (secondary N) is 1. The lowest BCUT2D eigenvalue weighted by atomic mass is 10.1. The largest absolute Gasteiger partial charge is 0.326 e. The Morgan fingerprint density at radius 2 is 1.88 bits per heavy atom. The first-order chi connectivity index (χ1) is 15.4. The highest BCUT2D eigenvalue weighted by atomic mass is 32.2. The molecule has 32 heavy (non-hydrogen) atoms. The fraction of sp³-hybridized carbons (Fsp3) is 0.250. The zero-order chi connectivity index (χ0) is 22.7. The summed E-state index contributed by atoms with van der Waals surface area (Å²) in [4.78, 5) is 36.4. The molecule has 0 aliphatic carbocycles. The number of anilines is 1. The zero-order valence-electron chi connectivity index (χ0n) is 18.2. The van der Waals surface area contributed by atoms with Gasteiger partial charge in [-0.15, -0.1) is 11.3 Å². The van der Waals surface area contributed by atoms with Crippen LogP contribution < -0.4 is 5.32 Å². The predicted octanol–water partition coefficient (Wildman–Crippen LogP) is 5.41. The first-order valence-corrected chi connectivity index (χ1v) is 12.1. The second-order valence-corrected chi connectivity index (χ2v) is 9.60. The minimum absolute atomic E-state index is 0.0911. The highest BCUT2D eigenvalue weighted by Crippen LogP contribution is 2.34. The molecule has 2 heterocycles. The molecule has 0 saturated carbocycles. The summed E-state index contributed by atoms with van der Waals surface area (Å²) in [6.07, 6.45) is 0.0964. The fourth-order valence-corrected chi connectivity index (χ4v) is 5.54. The highest BCUT2D eigenvalue weighted by molar-refractivity contribution is 8.15. The number of carbonyl (C=O) groups is 2. The molecule has 1 fully saturated rings. The summed E-state index contributed by atoms with van der Waals surface area (Å²) >= 11 is 2.76. The van der Waals surface area contributed by atoms with Crippen LogP contribution >= 0.6 is 23.1 Å². The second kappa shape index (κ2) is 9.67. The number of thioether (sulfide) groups is 1. The van der Waals surface area contributed by atoms with E-state index in [0.717, 1.165) is 28.1 Å². The third-order valence-corrected chi connectivity index (χ3v) is 6.88. The Hall–Kier alpha value is -2.97. The quantitative estimate of drug-likeness (QED) is 0.529. The number of hydrogen-bond acceptors (Lipinski definition) is 6. The molecule has 1 aliphatic heterocycles. The Labute approximate surface area is 195 Å². The smallest absolute Gasteiger partial charge is 0.242 e. The van der Waals surface area contributed by atoms with E-state index in [1.807, 2.05) is 68.6 Å². The van der Waals surface area contributed by atoms with E-state index in [1.165, 1.54) is 23.1 Å².